The molecule has 0 bridgehead atoms. The van der Waals surface area contributed by atoms with E-state index in [9.17, 15) is 14.7 Å². The lowest BCUT2D eigenvalue weighted by Gasteiger charge is -2.13. The van der Waals surface area contributed by atoms with E-state index in [4.69, 9.17) is 9.94 Å². The Bertz CT molecular complexity index is 454. The van der Waals surface area contributed by atoms with Crippen LogP contribution in [0.25, 0.3) is 0 Å². The molecule has 7 nitrogen and oxygen atoms in total. The van der Waals surface area contributed by atoms with Crippen molar-refractivity contribution >= 4 is 17.7 Å². The summed E-state index contributed by atoms with van der Waals surface area (Å²) in [6, 6.07) is 0. The zero-order chi connectivity index (χ0) is 16.0. The van der Waals surface area contributed by atoms with Gasteiger partial charge in [0.25, 0.3) is 0 Å². The average Bonchev–Trinajstić information content (AvgIpc) is 2.73. The number of hydrogen-bond donors (Lipinski definition) is 2. The molecule has 1 aliphatic rings. The number of aliphatic hydroxyl groups excluding tert-OH is 1. The summed E-state index contributed by atoms with van der Waals surface area (Å²) in [6.07, 6.45) is 0.190. The molecule has 0 saturated carbocycles. The number of ether oxygens (including phenoxy) is 1. The number of carboxylic acids is 1. The molecular weight excluding hydrogens is 278 g/mol. The monoisotopic (exact) mass is 299 g/mol. The van der Waals surface area contributed by atoms with E-state index in [2.05, 4.69) is 9.89 Å². The van der Waals surface area contributed by atoms with Crippen LogP contribution in [0.2, 0.25) is 0 Å². The molecule has 1 rings (SSSR count). The maximum Gasteiger partial charge on any atom is 0.347 e. The molecule has 0 aliphatic heterocycles. The number of aliphatic carboxylic acids is 1. The van der Waals surface area contributed by atoms with E-state index >= 15 is 0 Å². The minimum atomic E-state index is -1.09. The van der Waals surface area contributed by atoms with Gasteiger partial charge in [0.05, 0.1) is 25.3 Å². The largest absolute Gasteiger partial charge is 0.478 e. The third-order valence-electron chi connectivity index (χ3n) is 2.98. The normalized spacial score (nSPS) is 21.3. The molecule has 1 aliphatic carbocycles. The molecule has 0 heterocycles. The molecule has 118 valence electrons. The number of rotatable bonds is 7. The first-order valence-electron chi connectivity index (χ1n) is 6.75. The third-order valence-corrected chi connectivity index (χ3v) is 2.98. The van der Waals surface area contributed by atoms with Crippen molar-refractivity contribution in [2.24, 2.45) is 11.1 Å². The highest BCUT2D eigenvalue weighted by Crippen LogP contribution is 2.21. The first-order chi connectivity index (χ1) is 9.83. The van der Waals surface area contributed by atoms with Crippen molar-refractivity contribution in [2.45, 2.75) is 45.3 Å². The fraction of sp³-hybridized carbons (Fsp3) is 0.643. The number of carbonyl (C=O) groups is 2. The highest BCUT2D eigenvalue weighted by molar-refractivity contribution is 6.05. The van der Waals surface area contributed by atoms with Gasteiger partial charge in [0.15, 0.2) is 0 Å². The number of carboxylic acid groups (broad SMARTS) is 1. The van der Waals surface area contributed by atoms with Crippen LogP contribution < -0.4 is 0 Å². The van der Waals surface area contributed by atoms with Gasteiger partial charge in [0.2, 0.25) is 6.10 Å². The number of aliphatic hydroxyl groups is 1. The van der Waals surface area contributed by atoms with Gasteiger partial charge in [-0.3, -0.25) is 4.79 Å². The zero-order valence-electron chi connectivity index (χ0n) is 12.4. The topological polar surface area (TPSA) is 105 Å². The highest BCUT2D eigenvalue weighted by atomic mass is 16.6. The predicted octanol–water partition coefficient (Wildman–Crippen LogP) is 1.11. The van der Waals surface area contributed by atoms with Gasteiger partial charge < -0.3 is 19.8 Å². The van der Waals surface area contributed by atoms with Gasteiger partial charge in [-0.2, -0.15) is 0 Å². The van der Waals surface area contributed by atoms with E-state index in [-0.39, 0.29) is 18.8 Å². The second-order valence-corrected chi connectivity index (χ2v) is 5.32. The molecule has 0 amide bonds. The van der Waals surface area contributed by atoms with Crippen LogP contribution in [0.1, 0.15) is 33.1 Å². The molecule has 0 aromatic rings. The minimum absolute atomic E-state index is 0.0301. The van der Waals surface area contributed by atoms with Gasteiger partial charge >= 0.3 is 11.9 Å². The maximum atomic E-state index is 11.3. The van der Waals surface area contributed by atoms with Crippen LogP contribution in [-0.2, 0) is 19.2 Å². The number of methoxy groups -OCH3 is 1. The Kier molecular flexibility index (Phi) is 6.36. The van der Waals surface area contributed by atoms with Crippen LogP contribution >= 0.6 is 0 Å². The van der Waals surface area contributed by atoms with E-state index in [1.54, 1.807) is 0 Å². The van der Waals surface area contributed by atoms with E-state index in [0.29, 0.717) is 17.7 Å². The third kappa shape index (κ3) is 5.55. The van der Waals surface area contributed by atoms with Crippen LogP contribution in [0.4, 0.5) is 0 Å². The highest BCUT2D eigenvalue weighted by Gasteiger charge is 2.25. The van der Waals surface area contributed by atoms with Crippen molar-refractivity contribution in [1.82, 2.24) is 0 Å². The van der Waals surface area contributed by atoms with E-state index in [1.165, 1.54) is 13.2 Å². The van der Waals surface area contributed by atoms with Crippen molar-refractivity contribution in [2.75, 3.05) is 7.11 Å². The Hall–Kier alpha value is -1.89. The molecule has 0 spiro atoms. The standard InChI is InChI=1S/C14H21NO6/c1-8(2)4-12(14(18)19)21-15-11-7-10(16)5-9(11)6-13(17)20-3/h5,8,10,12,16H,4,6-7H2,1-3H3,(H,18,19)/t10-,12+/m0/s1. The number of carbonyl (C=O) groups excluding carboxylic acids is 1. The lowest BCUT2D eigenvalue weighted by atomic mass is 10.1. The van der Waals surface area contributed by atoms with Gasteiger partial charge in [-0.15, -0.1) is 0 Å². The summed E-state index contributed by atoms with van der Waals surface area (Å²) in [5.74, 6) is -1.41. The van der Waals surface area contributed by atoms with Crippen molar-refractivity contribution in [1.29, 1.82) is 0 Å². The first-order valence-corrected chi connectivity index (χ1v) is 6.75. The fourth-order valence-corrected chi connectivity index (χ4v) is 1.95. The Morgan fingerprint density at radius 3 is 2.67 bits per heavy atom. The molecule has 21 heavy (non-hydrogen) atoms. The van der Waals surface area contributed by atoms with Gasteiger partial charge in [0.1, 0.15) is 0 Å². The molecular formula is C14H21NO6. The second kappa shape index (κ2) is 7.78. The van der Waals surface area contributed by atoms with Gasteiger partial charge in [-0.1, -0.05) is 25.1 Å². The number of oxime groups is 1. The fourth-order valence-electron chi connectivity index (χ4n) is 1.95. The summed E-state index contributed by atoms with van der Waals surface area (Å²) in [7, 11) is 1.27. The quantitative estimate of drug-likeness (QED) is 0.539. The smallest absolute Gasteiger partial charge is 0.347 e. The Morgan fingerprint density at radius 1 is 1.48 bits per heavy atom. The van der Waals surface area contributed by atoms with Crippen LogP contribution in [0.15, 0.2) is 16.8 Å². The SMILES string of the molecule is COC(=O)CC1=C[C@H](O)CC1=NO[C@H](CC(C)C)C(=O)O. The van der Waals surface area contributed by atoms with Crippen LogP contribution in [0.3, 0.4) is 0 Å². The van der Waals surface area contributed by atoms with Gasteiger partial charge in [0, 0.05) is 12.8 Å². The summed E-state index contributed by atoms with van der Waals surface area (Å²) in [4.78, 5) is 27.4. The first kappa shape index (κ1) is 17.2. The zero-order valence-corrected chi connectivity index (χ0v) is 12.4. The van der Waals surface area contributed by atoms with Crippen molar-refractivity contribution < 1.29 is 29.4 Å². The van der Waals surface area contributed by atoms with E-state index in [1.807, 2.05) is 13.8 Å². The Labute approximate surface area is 123 Å². The molecule has 2 N–H and O–H groups in total. The Balaban J connectivity index is 2.75. The minimum Gasteiger partial charge on any atom is -0.478 e. The second-order valence-electron chi connectivity index (χ2n) is 5.32. The van der Waals surface area contributed by atoms with E-state index in [0.717, 1.165) is 0 Å². The van der Waals surface area contributed by atoms with Crippen molar-refractivity contribution in [3.05, 3.63) is 11.6 Å². The Morgan fingerprint density at radius 2 is 2.14 bits per heavy atom. The molecule has 7 heteroatoms. The molecule has 0 radical (unpaired) electrons. The van der Waals surface area contributed by atoms with Crippen LogP contribution in [0, 0.1) is 5.92 Å². The van der Waals surface area contributed by atoms with Crippen molar-refractivity contribution in [3.8, 4) is 0 Å². The molecule has 0 aromatic carbocycles. The van der Waals surface area contributed by atoms with Gasteiger partial charge in [-0.25, -0.2) is 4.79 Å². The molecule has 0 unspecified atom stereocenters. The summed E-state index contributed by atoms with van der Waals surface area (Å²) in [6.45, 7) is 3.77. The number of esters is 1. The van der Waals surface area contributed by atoms with Crippen molar-refractivity contribution in [3.63, 3.8) is 0 Å². The lowest BCUT2D eigenvalue weighted by molar-refractivity contribution is -0.151. The molecule has 2 atom stereocenters. The number of nitrogens with zero attached hydrogens (tertiary/aromatic N) is 1. The van der Waals surface area contributed by atoms with Crippen LogP contribution in [0.5, 0.6) is 0 Å². The number of hydrogen-bond acceptors (Lipinski definition) is 6. The van der Waals surface area contributed by atoms with E-state index < -0.39 is 24.1 Å². The lowest BCUT2D eigenvalue weighted by Crippen LogP contribution is -2.24. The molecule has 0 aromatic heterocycles. The summed E-state index contributed by atoms with van der Waals surface area (Å²) in [5, 5.41) is 22.5. The molecule has 0 saturated heterocycles. The molecule has 0 fully saturated rings. The average molecular weight is 299 g/mol. The van der Waals surface area contributed by atoms with Crippen LogP contribution in [-0.4, -0.2) is 47.2 Å². The van der Waals surface area contributed by atoms with Gasteiger partial charge in [-0.05, 0) is 11.5 Å². The predicted molar refractivity (Wildman–Crippen MR) is 74.7 cm³/mol. The maximum absolute atomic E-state index is 11.3. The summed E-state index contributed by atoms with van der Waals surface area (Å²) < 4.78 is 4.56. The summed E-state index contributed by atoms with van der Waals surface area (Å²) >= 11 is 0. The summed E-state index contributed by atoms with van der Waals surface area (Å²) in [5.41, 5.74) is 0.881.